The Labute approximate surface area is 51.1 Å². The third kappa shape index (κ3) is 0.737. The minimum atomic E-state index is -2.84. The highest BCUT2D eigenvalue weighted by Crippen LogP contribution is 2.59. The van der Waals surface area contributed by atoms with Crippen LogP contribution < -0.4 is 0 Å². The Balaban J connectivity index is 2.57. The van der Waals surface area contributed by atoms with Crippen molar-refractivity contribution >= 4 is 0 Å². The lowest BCUT2D eigenvalue weighted by atomic mass is 10.1. The topological polar surface area (TPSA) is 40.5 Å². The van der Waals surface area contributed by atoms with Crippen LogP contribution in [0.3, 0.4) is 0 Å². The van der Waals surface area contributed by atoms with E-state index in [0.717, 1.165) is 0 Å². The van der Waals surface area contributed by atoms with Crippen LogP contribution in [0.25, 0.3) is 0 Å². The second-order valence-electron chi connectivity index (χ2n) is 2.48. The zero-order valence-electron chi connectivity index (χ0n) is 4.77. The van der Waals surface area contributed by atoms with E-state index in [4.69, 9.17) is 10.2 Å². The Kier molecular flexibility index (Phi) is 1.25. The molecule has 0 heterocycles. The molecule has 0 radical (unpaired) electrons. The van der Waals surface area contributed by atoms with Gasteiger partial charge in [0.05, 0.1) is 18.6 Å². The van der Waals surface area contributed by atoms with Gasteiger partial charge in [0.15, 0.2) is 0 Å². The Morgan fingerprint density at radius 1 is 1.22 bits per heavy atom. The summed E-state index contributed by atoms with van der Waals surface area (Å²) in [6.07, 6.45) is -0.382. The van der Waals surface area contributed by atoms with E-state index in [1.807, 2.05) is 0 Å². The SMILES string of the molecule is OCC1(CO)CC1(F)F. The zero-order valence-corrected chi connectivity index (χ0v) is 4.77. The molecule has 1 aliphatic rings. The van der Waals surface area contributed by atoms with Crippen LogP contribution in [0.1, 0.15) is 6.42 Å². The van der Waals surface area contributed by atoms with Crippen molar-refractivity contribution in [3.05, 3.63) is 0 Å². The molecule has 9 heavy (non-hydrogen) atoms. The highest BCUT2D eigenvalue weighted by atomic mass is 19.3. The smallest absolute Gasteiger partial charge is 0.259 e. The quantitative estimate of drug-likeness (QED) is 0.563. The van der Waals surface area contributed by atoms with Gasteiger partial charge in [0, 0.05) is 6.42 Å². The van der Waals surface area contributed by atoms with Gasteiger partial charge in [-0.2, -0.15) is 0 Å². The summed E-state index contributed by atoms with van der Waals surface area (Å²) in [7, 11) is 0. The molecule has 0 aromatic heterocycles. The molecule has 1 aliphatic carbocycles. The van der Waals surface area contributed by atoms with Crippen LogP contribution in [-0.4, -0.2) is 29.3 Å². The van der Waals surface area contributed by atoms with E-state index in [0.29, 0.717) is 0 Å². The van der Waals surface area contributed by atoms with Crippen molar-refractivity contribution in [3.63, 3.8) is 0 Å². The standard InChI is InChI=1S/C5H8F2O2/c6-5(7)1-4(5,2-8)3-9/h8-9H,1-3H2. The van der Waals surface area contributed by atoms with Crippen molar-refractivity contribution in [2.75, 3.05) is 13.2 Å². The molecule has 0 unspecified atom stereocenters. The van der Waals surface area contributed by atoms with Gasteiger partial charge >= 0.3 is 0 Å². The van der Waals surface area contributed by atoms with Gasteiger partial charge in [-0.15, -0.1) is 0 Å². The summed E-state index contributed by atoms with van der Waals surface area (Å²) >= 11 is 0. The Bertz CT molecular complexity index is 120. The van der Waals surface area contributed by atoms with Crippen molar-refractivity contribution < 1.29 is 19.0 Å². The van der Waals surface area contributed by atoms with Crippen LogP contribution in [0.5, 0.6) is 0 Å². The lowest BCUT2D eigenvalue weighted by Gasteiger charge is -2.06. The minimum absolute atomic E-state index is 0.382. The summed E-state index contributed by atoms with van der Waals surface area (Å²) in [5, 5.41) is 16.7. The predicted octanol–water partition coefficient (Wildman–Crippen LogP) is -0.00360. The molecule has 54 valence electrons. The van der Waals surface area contributed by atoms with Crippen LogP contribution >= 0.6 is 0 Å². The largest absolute Gasteiger partial charge is 0.395 e. The molecular weight excluding hydrogens is 130 g/mol. The van der Waals surface area contributed by atoms with Crippen LogP contribution in [0, 0.1) is 5.41 Å². The van der Waals surface area contributed by atoms with Gasteiger partial charge in [-0.05, 0) is 0 Å². The first-order valence-electron chi connectivity index (χ1n) is 2.67. The molecule has 0 aliphatic heterocycles. The molecule has 1 rings (SSSR count). The van der Waals surface area contributed by atoms with Gasteiger partial charge in [-0.25, -0.2) is 8.78 Å². The van der Waals surface area contributed by atoms with E-state index in [9.17, 15) is 8.78 Å². The van der Waals surface area contributed by atoms with Gasteiger partial charge in [0.25, 0.3) is 5.92 Å². The Morgan fingerprint density at radius 3 is 1.56 bits per heavy atom. The van der Waals surface area contributed by atoms with E-state index in [1.54, 1.807) is 0 Å². The van der Waals surface area contributed by atoms with Crippen LogP contribution in [0.15, 0.2) is 0 Å². The maximum absolute atomic E-state index is 12.1. The van der Waals surface area contributed by atoms with Crippen molar-refractivity contribution in [1.82, 2.24) is 0 Å². The second-order valence-corrected chi connectivity index (χ2v) is 2.48. The molecule has 0 aromatic rings. The number of aliphatic hydroxyl groups excluding tert-OH is 2. The maximum Gasteiger partial charge on any atom is 0.259 e. The maximum atomic E-state index is 12.1. The molecule has 0 saturated heterocycles. The highest BCUT2D eigenvalue weighted by Gasteiger charge is 2.70. The van der Waals surface area contributed by atoms with E-state index in [-0.39, 0.29) is 6.42 Å². The molecule has 0 bridgehead atoms. The average molecular weight is 138 g/mol. The summed E-state index contributed by atoms with van der Waals surface area (Å²) in [6.45, 7) is -1.26. The van der Waals surface area contributed by atoms with Crippen molar-refractivity contribution in [1.29, 1.82) is 0 Å². The molecule has 2 nitrogen and oxygen atoms in total. The molecule has 2 N–H and O–H groups in total. The normalized spacial score (nSPS) is 28.0. The fraction of sp³-hybridized carbons (Fsp3) is 1.00. The third-order valence-corrected chi connectivity index (χ3v) is 1.82. The van der Waals surface area contributed by atoms with Gasteiger partial charge in [0.1, 0.15) is 0 Å². The second kappa shape index (κ2) is 1.64. The number of hydrogen-bond donors (Lipinski definition) is 2. The van der Waals surface area contributed by atoms with E-state index in [1.165, 1.54) is 0 Å². The number of hydrogen-bond acceptors (Lipinski definition) is 2. The van der Waals surface area contributed by atoms with Gasteiger partial charge in [-0.3, -0.25) is 0 Å². The van der Waals surface area contributed by atoms with Gasteiger partial charge in [-0.1, -0.05) is 0 Å². The zero-order chi connectivity index (χ0) is 7.12. The molecule has 0 amide bonds. The summed E-state index contributed by atoms with van der Waals surface area (Å²) < 4.78 is 24.3. The molecule has 0 aromatic carbocycles. The molecule has 1 saturated carbocycles. The van der Waals surface area contributed by atoms with Crippen molar-refractivity contribution in [2.24, 2.45) is 5.41 Å². The minimum Gasteiger partial charge on any atom is -0.395 e. The first-order valence-corrected chi connectivity index (χ1v) is 2.67. The fourth-order valence-electron chi connectivity index (χ4n) is 0.774. The molecule has 0 atom stereocenters. The van der Waals surface area contributed by atoms with Crippen LogP contribution in [0.2, 0.25) is 0 Å². The number of rotatable bonds is 2. The van der Waals surface area contributed by atoms with Crippen LogP contribution in [-0.2, 0) is 0 Å². The number of alkyl halides is 2. The molecule has 0 spiro atoms. The fourth-order valence-corrected chi connectivity index (χ4v) is 0.774. The monoisotopic (exact) mass is 138 g/mol. The lowest BCUT2D eigenvalue weighted by Crippen LogP contribution is -2.20. The van der Waals surface area contributed by atoms with E-state index >= 15 is 0 Å². The van der Waals surface area contributed by atoms with Crippen LogP contribution in [0.4, 0.5) is 8.78 Å². The first kappa shape index (κ1) is 6.89. The molecule has 4 heteroatoms. The average Bonchev–Trinajstić information content (AvgIpc) is 2.35. The summed E-state index contributed by atoms with van der Waals surface area (Å²) in [5.41, 5.74) is -1.49. The third-order valence-electron chi connectivity index (χ3n) is 1.82. The van der Waals surface area contributed by atoms with Crippen molar-refractivity contribution in [3.8, 4) is 0 Å². The lowest BCUT2D eigenvalue weighted by molar-refractivity contribution is 0.00890. The molecule has 1 fully saturated rings. The Hall–Kier alpha value is -0.220. The summed E-state index contributed by atoms with van der Waals surface area (Å²) in [4.78, 5) is 0. The van der Waals surface area contributed by atoms with E-state index < -0.39 is 24.6 Å². The van der Waals surface area contributed by atoms with Gasteiger partial charge in [0.2, 0.25) is 0 Å². The first-order chi connectivity index (χ1) is 4.08. The van der Waals surface area contributed by atoms with Crippen molar-refractivity contribution in [2.45, 2.75) is 12.3 Å². The Morgan fingerprint density at radius 2 is 1.56 bits per heavy atom. The highest BCUT2D eigenvalue weighted by molar-refractivity contribution is 5.09. The molecular formula is C5H8F2O2. The van der Waals surface area contributed by atoms with Gasteiger partial charge < -0.3 is 10.2 Å². The summed E-state index contributed by atoms with van der Waals surface area (Å²) in [6, 6.07) is 0. The number of aliphatic hydroxyl groups is 2. The predicted molar refractivity (Wildman–Crippen MR) is 26.2 cm³/mol. The summed E-state index contributed by atoms with van der Waals surface area (Å²) in [5.74, 6) is -2.84. The van der Waals surface area contributed by atoms with E-state index in [2.05, 4.69) is 0 Å². The number of halogens is 2.